The summed E-state index contributed by atoms with van der Waals surface area (Å²) in [7, 11) is 0. The van der Waals surface area contributed by atoms with Crippen molar-refractivity contribution in [2.24, 2.45) is 0 Å². The molecule has 0 aliphatic heterocycles. The van der Waals surface area contributed by atoms with Gasteiger partial charge in [0.2, 0.25) is 0 Å². The van der Waals surface area contributed by atoms with Gasteiger partial charge in [-0.15, -0.1) is 0 Å². The van der Waals surface area contributed by atoms with Crippen LogP contribution in [0.1, 0.15) is 26.3 Å². The maximum absolute atomic E-state index is 4.81. The van der Waals surface area contributed by atoms with Gasteiger partial charge in [0, 0.05) is 23.5 Å². The smallest absolute Gasteiger partial charge is 0.0717 e. The summed E-state index contributed by atoms with van der Waals surface area (Å²) in [6.45, 7) is 6.84. The van der Waals surface area contributed by atoms with Crippen molar-refractivity contribution in [1.82, 2.24) is 9.97 Å². The minimum atomic E-state index is 0.0716. The maximum Gasteiger partial charge on any atom is 0.0717 e. The lowest BCUT2D eigenvalue weighted by Crippen LogP contribution is -2.10. The lowest BCUT2D eigenvalue weighted by Gasteiger charge is -2.22. The third kappa shape index (κ3) is 4.93. The first kappa shape index (κ1) is 27.9. The summed E-state index contributed by atoms with van der Waals surface area (Å²) in [6, 6.07) is 50.5. The monoisotopic (exact) mass is 590 g/mol. The van der Waals surface area contributed by atoms with Crippen LogP contribution in [0.2, 0.25) is 0 Å². The number of fused-ring (bicyclic) bond motifs is 3. The number of hydrogen-bond donors (Lipinski definition) is 0. The van der Waals surface area contributed by atoms with E-state index in [1.54, 1.807) is 0 Å². The van der Waals surface area contributed by atoms with Gasteiger partial charge in [-0.2, -0.15) is 0 Å². The first-order valence-corrected chi connectivity index (χ1v) is 15.9. The van der Waals surface area contributed by atoms with Gasteiger partial charge < -0.3 is 0 Å². The van der Waals surface area contributed by atoms with E-state index < -0.39 is 0 Å². The maximum atomic E-state index is 4.81. The third-order valence-corrected chi connectivity index (χ3v) is 9.10. The summed E-state index contributed by atoms with van der Waals surface area (Å²) in [4.78, 5) is 9.28. The molecular weight excluding hydrogens is 556 g/mol. The zero-order chi connectivity index (χ0) is 31.3. The van der Waals surface area contributed by atoms with Crippen LogP contribution in [0.15, 0.2) is 152 Å². The van der Waals surface area contributed by atoms with Crippen LogP contribution >= 0.6 is 0 Å². The zero-order valence-electron chi connectivity index (χ0n) is 26.3. The molecule has 2 heterocycles. The molecule has 2 aromatic heterocycles. The van der Waals surface area contributed by atoms with E-state index >= 15 is 0 Å². The van der Waals surface area contributed by atoms with Gasteiger partial charge in [-0.3, -0.25) is 9.97 Å². The Morgan fingerprint density at radius 1 is 0.413 bits per heavy atom. The van der Waals surface area contributed by atoms with Crippen LogP contribution in [0.25, 0.3) is 77.1 Å². The van der Waals surface area contributed by atoms with Crippen molar-refractivity contribution < 1.29 is 0 Å². The number of pyridine rings is 2. The predicted octanol–water partition coefficient (Wildman–Crippen LogP) is 11.9. The van der Waals surface area contributed by atoms with Crippen LogP contribution in [0.3, 0.4) is 0 Å². The molecule has 0 amide bonds. The molecule has 0 aliphatic rings. The second kappa shape index (κ2) is 11.1. The van der Waals surface area contributed by atoms with Crippen molar-refractivity contribution in [3.8, 4) is 44.8 Å². The fourth-order valence-corrected chi connectivity index (χ4v) is 6.70. The molecule has 2 heteroatoms. The molecule has 0 atom stereocenters. The summed E-state index contributed by atoms with van der Waals surface area (Å²) in [5.41, 5.74) is 10.4. The van der Waals surface area contributed by atoms with Crippen LogP contribution in [0.4, 0.5) is 0 Å². The fourth-order valence-electron chi connectivity index (χ4n) is 6.70. The van der Waals surface area contributed by atoms with Gasteiger partial charge in [-0.1, -0.05) is 124 Å². The fraction of sp³-hybridized carbons (Fsp3) is 0.0909. The van der Waals surface area contributed by atoms with E-state index in [-0.39, 0.29) is 5.41 Å². The number of rotatable bonds is 4. The zero-order valence-corrected chi connectivity index (χ0v) is 26.3. The minimum Gasteiger partial charge on any atom is -0.256 e. The second-order valence-corrected chi connectivity index (χ2v) is 13.1. The molecule has 0 unspecified atom stereocenters. The van der Waals surface area contributed by atoms with Crippen molar-refractivity contribution >= 4 is 32.3 Å². The van der Waals surface area contributed by atoms with Crippen LogP contribution in [0, 0.1) is 0 Å². The Hall–Kier alpha value is -5.60. The second-order valence-electron chi connectivity index (χ2n) is 13.1. The Balaban J connectivity index is 1.29. The van der Waals surface area contributed by atoms with Crippen LogP contribution in [-0.2, 0) is 5.41 Å². The number of benzene rings is 6. The van der Waals surface area contributed by atoms with Crippen molar-refractivity contribution in [2.75, 3.05) is 0 Å². The van der Waals surface area contributed by atoms with Gasteiger partial charge in [0.25, 0.3) is 0 Å². The Labute approximate surface area is 270 Å². The molecule has 8 rings (SSSR count). The first-order valence-electron chi connectivity index (χ1n) is 15.9. The standard InChI is InChI=1S/C44H34N2/c1-44(2,3)35-12-10-11-31(27-35)42-36-13-4-6-15-38(36)43(39-16-7-5-14-37(39)42)32-21-19-29-18-20-30(25-34(29)26-32)41-23-22-33(28-46-41)40-17-8-9-24-45-40/h4-28H,1-3H3. The van der Waals surface area contributed by atoms with Crippen molar-refractivity contribution in [3.63, 3.8) is 0 Å². The van der Waals surface area contributed by atoms with Gasteiger partial charge in [0.1, 0.15) is 0 Å². The molecule has 0 saturated heterocycles. The van der Waals surface area contributed by atoms with Gasteiger partial charge >= 0.3 is 0 Å². The van der Waals surface area contributed by atoms with E-state index in [1.807, 2.05) is 30.6 Å². The molecule has 0 fully saturated rings. The average molecular weight is 591 g/mol. The Bertz CT molecular complexity index is 2320. The highest BCUT2D eigenvalue weighted by molar-refractivity contribution is 6.21. The number of hydrogen-bond acceptors (Lipinski definition) is 2. The summed E-state index contributed by atoms with van der Waals surface area (Å²) in [5, 5.41) is 7.48. The normalized spacial score (nSPS) is 11.8. The summed E-state index contributed by atoms with van der Waals surface area (Å²) >= 11 is 0. The Kier molecular flexibility index (Phi) is 6.73. The van der Waals surface area contributed by atoms with Crippen molar-refractivity contribution in [2.45, 2.75) is 26.2 Å². The van der Waals surface area contributed by atoms with Crippen molar-refractivity contribution in [1.29, 1.82) is 0 Å². The Morgan fingerprint density at radius 2 is 0.978 bits per heavy atom. The van der Waals surface area contributed by atoms with E-state index in [0.29, 0.717) is 0 Å². The molecule has 0 saturated carbocycles. The lowest BCUT2D eigenvalue weighted by atomic mass is 9.82. The summed E-state index contributed by atoms with van der Waals surface area (Å²) < 4.78 is 0. The minimum absolute atomic E-state index is 0.0716. The lowest BCUT2D eigenvalue weighted by molar-refractivity contribution is 0.590. The quantitative estimate of drug-likeness (QED) is 0.191. The van der Waals surface area contributed by atoms with E-state index in [9.17, 15) is 0 Å². The first-order chi connectivity index (χ1) is 22.4. The summed E-state index contributed by atoms with van der Waals surface area (Å²) in [6.07, 6.45) is 3.73. The predicted molar refractivity (Wildman–Crippen MR) is 195 cm³/mol. The highest BCUT2D eigenvalue weighted by atomic mass is 14.7. The number of nitrogens with zero attached hydrogens (tertiary/aromatic N) is 2. The molecule has 0 N–H and O–H groups in total. The molecule has 0 bridgehead atoms. The molecule has 0 aliphatic carbocycles. The van der Waals surface area contributed by atoms with Crippen LogP contribution in [-0.4, -0.2) is 9.97 Å². The van der Waals surface area contributed by atoms with Crippen molar-refractivity contribution in [3.05, 3.63) is 157 Å². The van der Waals surface area contributed by atoms with E-state index in [1.165, 1.54) is 60.1 Å². The van der Waals surface area contributed by atoms with E-state index in [0.717, 1.165) is 22.5 Å². The van der Waals surface area contributed by atoms with Gasteiger partial charge in [0.15, 0.2) is 0 Å². The van der Waals surface area contributed by atoms with Gasteiger partial charge in [-0.05, 0) is 102 Å². The molecule has 8 aromatic rings. The molecule has 6 aromatic carbocycles. The topological polar surface area (TPSA) is 25.8 Å². The van der Waals surface area contributed by atoms with E-state index in [2.05, 4.69) is 147 Å². The summed E-state index contributed by atoms with van der Waals surface area (Å²) in [5.74, 6) is 0. The molecule has 2 nitrogen and oxygen atoms in total. The van der Waals surface area contributed by atoms with Crippen LogP contribution in [0.5, 0.6) is 0 Å². The highest BCUT2D eigenvalue weighted by Crippen LogP contribution is 2.44. The van der Waals surface area contributed by atoms with Gasteiger partial charge in [0.05, 0.1) is 11.4 Å². The third-order valence-electron chi connectivity index (χ3n) is 9.10. The number of aromatic nitrogens is 2. The molecule has 0 spiro atoms. The SMILES string of the molecule is CC(C)(C)c1cccc(-c2c3ccccc3c(-c3ccc4ccc(-c5ccc(-c6ccccn6)cn5)cc4c3)c3ccccc23)c1. The highest BCUT2D eigenvalue weighted by Gasteiger charge is 2.19. The van der Waals surface area contributed by atoms with Crippen LogP contribution < -0.4 is 0 Å². The molecule has 0 radical (unpaired) electrons. The molecule has 220 valence electrons. The average Bonchev–Trinajstić information content (AvgIpc) is 3.10. The molecule has 46 heavy (non-hydrogen) atoms. The van der Waals surface area contributed by atoms with E-state index in [4.69, 9.17) is 4.98 Å². The largest absolute Gasteiger partial charge is 0.256 e. The molecular formula is C44H34N2. The Morgan fingerprint density at radius 3 is 1.57 bits per heavy atom. The van der Waals surface area contributed by atoms with Gasteiger partial charge in [-0.25, -0.2) is 0 Å².